The predicted octanol–water partition coefficient (Wildman–Crippen LogP) is -3.77. The Balaban J connectivity index is 2.57. The fraction of sp³-hybridized carbons (Fsp3) is 0.667. The summed E-state index contributed by atoms with van der Waals surface area (Å²) in [5.41, 5.74) is 15.5. The Kier molecular flexibility index (Phi) is 11.5. The first kappa shape index (κ1) is 26.6. The predicted molar refractivity (Wildman–Crippen MR) is 114 cm³/mol. The third-order valence-corrected chi connectivity index (χ3v) is 4.69. The summed E-state index contributed by atoms with van der Waals surface area (Å²) in [6.07, 6.45) is 1.67. The van der Waals surface area contributed by atoms with E-state index in [4.69, 9.17) is 17.2 Å². The molecule has 3 unspecified atom stereocenters. The van der Waals surface area contributed by atoms with Crippen LogP contribution in [0.4, 0.5) is 0 Å². The number of carboxylic acids is 1. The molecule has 1 heterocycles. The molecule has 1 aliphatic rings. The maximum atomic E-state index is 12.5. The van der Waals surface area contributed by atoms with Crippen molar-refractivity contribution in [3.8, 4) is 0 Å². The van der Waals surface area contributed by atoms with Crippen molar-refractivity contribution in [1.29, 1.82) is 0 Å². The normalized spacial score (nSPS) is 16.9. The Labute approximate surface area is 185 Å². The zero-order valence-electron chi connectivity index (χ0n) is 17.8. The highest BCUT2D eigenvalue weighted by Crippen LogP contribution is 2.06. The van der Waals surface area contributed by atoms with Crippen LogP contribution in [-0.4, -0.2) is 78.4 Å². The summed E-state index contributed by atoms with van der Waals surface area (Å²) in [6, 6.07) is -2.69. The van der Waals surface area contributed by atoms with Gasteiger partial charge in [-0.15, -0.1) is 0 Å². The molecule has 180 valence electrons. The second kappa shape index (κ2) is 13.8. The Morgan fingerprint density at radius 1 is 1.06 bits per heavy atom. The minimum atomic E-state index is -1.25. The molecule has 0 spiro atoms. The lowest BCUT2D eigenvalue weighted by Crippen LogP contribution is -2.53. The van der Waals surface area contributed by atoms with Gasteiger partial charge in [-0.25, -0.2) is 4.79 Å². The van der Waals surface area contributed by atoms with Gasteiger partial charge in [0.05, 0.1) is 12.6 Å². The number of aliphatic imine (C=N–C) groups is 1. The topological polar surface area (TPSA) is 244 Å². The summed E-state index contributed by atoms with van der Waals surface area (Å²) in [5, 5.41) is 19.4. The summed E-state index contributed by atoms with van der Waals surface area (Å²) in [6.45, 7) is 0.379. The van der Waals surface area contributed by atoms with Crippen LogP contribution in [0.3, 0.4) is 0 Å². The van der Waals surface area contributed by atoms with Gasteiger partial charge in [0.25, 0.3) is 0 Å². The van der Waals surface area contributed by atoms with Gasteiger partial charge < -0.3 is 43.6 Å². The van der Waals surface area contributed by atoms with Crippen LogP contribution in [0.5, 0.6) is 0 Å². The summed E-state index contributed by atoms with van der Waals surface area (Å²) < 4.78 is 0. The van der Waals surface area contributed by atoms with Crippen molar-refractivity contribution in [3.05, 3.63) is 0 Å². The van der Waals surface area contributed by atoms with Gasteiger partial charge in [-0.1, -0.05) is 0 Å². The lowest BCUT2D eigenvalue weighted by atomic mass is 10.1. The second-order valence-corrected chi connectivity index (χ2v) is 7.34. The fourth-order valence-electron chi connectivity index (χ4n) is 3.03. The van der Waals surface area contributed by atoms with E-state index in [1.165, 1.54) is 0 Å². The van der Waals surface area contributed by atoms with Crippen LogP contribution in [0.2, 0.25) is 0 Å². The number of nitrogens with one attached hydrogen (secondary N) is 4. The van der Waals surface area contributed by atoms with E-state index in [0.717, 1.165) is 6.42 Å². The smallest absolute Gasteiger partial charge is 0.326 e. The molecule has 1 saturated heterocycles. The van der Waals surface area contributed by atoms with Crippen LogP contribution in [0, 0.1) is 0 Å². The number of hydrogen-bond donors (Lipinski definition) is 8. The number of primary amides is 1. The maximum absolute atomic E-state index is 12.5. The molecule has 0 saturated carbocycles. The molecule has 0 aromatic carbocycles. The molecular formula is C18H32N8O6. The molecule has 0 bridgehead atoms. The molecule has 1 fully saturated rings. The van der Waals surface area contributed by atoms with Crippen molar-refractivity contribution in [2.24, 2.45) is 22.2 Å². The Hall–Kier alpha value is -3.42. The van der Waals surface area contributed by atoms with Gasteiger partial charge in [-0.3, -0.25) is 24.2 Å². The van der Waals surface area contributed by atoms with E-state index in [9.17, 15) is 29.1 Å². The maximum Gasteiger partial charge on any atom is 0.326 e. The van der Waals surface area contributed by atoms with Gasteiger partial charge in [-0.05, 0) is 38.6 Å². The van der Waals surface area contributed by atoms with Gasteiger partial charge in [0.15, 0.2) is 5.96 Å². The van der Waals surface area contributed by atoms with E-state index >= 15 is 0 Å². The number of carboxylic acid groups (broad SMARTS) is 1. The number of carbonyl (C=O) groups is 5. The minimum absolute atomic E-state index is 0.0379. The first-order chi connectivity index (χ1) is 15.1. The fourth-order valence-corrected chi connectivity index (χ4v) is 3.03. The number of nitrogens with zero attached hydrogens (tertiary/aromatic N) is 1. The molecule has 0 aromatic heterocycles. The van der Waals surface area contributed by atoms with E-state index in [0.29, 0.717) is 19.4 Å². The van der Waals surface area contributed by atoms with Crippen LogP contribution >= 0.6 is 0 Å². The van der Waals surface area contributed by atoms with Crippen molar-refractivity contribution in [1.82, 2.24) is 21.3 Å². The van der Waals surface area contributed by atoms with Crippen molar-refractivity contribution in [3.63, 3.8) is 0 Å². The lowest BCUT2D eigenvalue weighted by Gasteiger charge is -2.20. The summed E-state index contributed by atoms with van der Waals surface area (Å²) in [5.74, 6) is -3.81. The highest BCUT2D eigenvalue weighted by molar-refractivity contribution is 5.93. The number of rotatable bonds is 14. The number of amides is 4. The quantitative estimate of drug-likeness (QED) is 0.0725. The molecule has 1 aliphatic heterocycles. The molecule has 1 rings (SSSR count). The van der Waals surface area contributed by atoms with E-state index < -0.39 is 48.4 Å². The zero-order chi connectivity index (χ0) is 24.1. The van der Waals surface area contributed by atoms with Gasteiger partial charge in [0.2, 0.25) is 23.6 Å². The van der Waals surface area contributed by atoms with Gasteiger partial charge in [-0.2, -0.15) is 0 Å². The van der Waals surface area contributed by atoms with Crippen LogP contribution in [0.25, 0.3) is 0 Å². The van der Waals surface area contributed by atoms with Crippen molar-refractivity contribution >= 4 is 35.6 Å². The van der Waals surface area contributed by atoms with Crippen LogP contribution in [0.1, 0.15) is 38.5 Å². The highest BCUT2D eigenvalue weighted by atomic mass is 16.4. The molecule has 0 radical (unpaired) electrons. The van der Waals surface area contributed by atoms with Gasteiger partial charge in [0.1, 0.15) is 12.1 Å². The summed E-state index contributed by atoms with van der Waals surface area (Å²) in [7, 11) is 0. The standard InChI is InChI=1S/C18H32N8O6/c19-13(27)6-5-11(26-16(30)10-3-1-7-22-10)15(29)24-9-14(28)25-12(17(31)32)4-2-8-23-18(20)21/h10-12,22H,1-9H2,(H2,19,27)(H,24,29)(H,25,28)(H,26,30)(H,31,32)(H4,20,21,23). The Morgan fingerprint density at radius 3 is 2.34 bits per heavy atom. The molecule has 14 heteroatoms. The first-order valence-corrected chi connectivity index (χ1v) is 10.3. The SMILES string of the molecule is NC(=O)CCC(NC(=O)C1CCCN1)C(=O)NCC(=O)NC(CCCN=C(N)N)C(=O)O. The molecule has 4 amide bonds. The van der Waals surface area contributed by atoms with Crippen LogP contribution in [-0.2, 0) is 24.0 Å². The highest BCUT2D eigenvalue weighted by Gasteiger charge is 2.28. The van der Waals surface area contributed by atoms with E-state index in [-0.39, 0.29) is 37.7 Å². The van der Waals surface area contributed by atoms with Gasteiger partial charge in [0, 0.05) is 13.0 Å². The van der Waals surface area contributed by atoms with Crippen LogP contribution in [0.15, 0.2) is 4.99 Å². The van der Waals surface area contributed by atoms with Gasteiger partial charge >= 0.3 is 5.97 Å². The molecule has 0 aliphatic carbocycles. The average Bonchev–Trinajstić information content (AvgIpc) is 3.25. The molecule has 3 atom stereocenters. The zero-order valence-corrected chi connectivity index (χ0v) is 17.8. The number of aliphatic carboxylic acids is 1. The summed E-state index contributed by atoms with van der Waals surface area (Å²) >= 11 is 0. The van der Waals surface area contributed by atoms with Crippen molar-refractivity contribution in [2.45, 2.75) is 56.7 Å². The van der Waals surface area contributed by atoms with Crippen molar-refractivity contribution in [2.75, 3.05) is 19.6 Å². The average molecular weight is 457 g/mol. The molecule has 11 N–H and O–H groups in total. The molecule has 32 heavy (non-hydrogen) atoms. The summed E-state index contributed by atoms with van der Waals surface area (Å²) in [4.78, 5) is 63.0. The van der Waals surface area contributed by atoms with E-state index in [1.807, 2.05) is 0 Å². The Morgan fingerprint density at radius 2 is 1.78 bits per heavy atom. The number of hydrogen-bond acceptors (Lipinski definition) is 7. The largest absolute Gasteiger partial charge is 0.480 e. The second-order valence-electron chi connectivity index (χ2n) is 7.34. The molecule has 0 aromatic rings. The molecular weight excluding hydrogens is 424 g/mol. The third kappa shape index (κ3) is 10.6. The van der Waals surface area contributed by atoms with E-state index in [1.54, 1.807) is 0 Å². The van der Waals surface area contributed by atoms with Crippen LogP contribution < -0.4 is 38.5 Å². The number of carbonyl (C=O) groups excluding carboxylic acids is 4. The number of nitrogens with two attached hydrogens (primary N) is 3. The number of guanidine groups is 1. The van der Waals surface area contributed by atoms with Crippen molar-refractivity contribution < 1.29 is 29.1 Å². The van der Waals surface area contributed by atoms with E-state index in [2.05, 4.69) is 26.3 Å². The Bertz CT molecular complexity index is 718. The lowest BCUT2D eigenvalue weighted by molar-refractivity contribution is -0.142. The first-order valence-electron chi connectivity index (χ1n) is 10.3. The molecule has 14 nitrogen and oxygen atoms in total. The third-order valence-electron chi connectivity index (χ3n) is 4.69. The minimum Gasteiger partial charge on any atom is -0.480 e. The monoisotopic (exact) mass is 456 g/mol.